The molecule has 0 unspecified atom stereocenters. The van der Waals surface area contributed by atoms with E-state index in [-0.39, 0.29) is 5.97 Å². The third-order valence-electron chi connectivity index (χ3n) is 1.82. The first-order valence-corrected chi connectivity index (χ1v) is 4.92. The van der Waals surface area contributed by atoms with Crippen molar-refractivity contribution in [2.24, 2.45) is 0 Å². The van der Waals surface area contributed by atoms with Gasteiger partial charge in [0.15, 0.2) is 0 Å². The highest BCUT2D eigenvalue weighted by atomic mass is 79.9. The lowest BCUT2D eigenvalue weighted by Gasteiger charge is -2.02. The van der Waals surface area contributed by atoms with Gasteiger partial charge >= 0.3 is 5.97 Å². The molecule has 0 aromatic heterocycles. The molecule has 1 aromatic rings. The highest BCUT2D eigenvalue weighted by Gasteiger charge is 2.14. The number of rotatable bonds is 1. The van der Waals surface area contributed by atoms with Crippen LogP contribution in [0.3, 0.4) is 0 Å². The Labute approximate surface area is 90.0 Å². The van der Waals surface area contributed by atoms with Gasteiger partial charge in [-0.25, -0.2) is 4.79 Å². The van der Waals surface area contributed by atoms with E-state index in [1.165, 1.54) is 6.08 Å². The summed E-state index contributed by atoms with van der Waals surface area (Å²) in [6.07, 6.45) is 3.05. The first-order valence-electron chi connectivity index (χ1n) is 4.12. The molecule has 0 amide bonds. The first-order chi connectivity index (χ1) is 6.77. The number of halogens is 1. The molecule has 3 heteroatoms. The smallest absolute Gasteiger partial charge is 0.336 e. The summed E-state index contributed by atoms with van der Waals surface area (Å²) in [6, 6.07) is 9.67. The van der Waals surface area contributed by atoms with Crippen molar-refractivity contribution in [1.29, 1.82) is 0 Å². The van der Waals surface area contributed by atoms with Crippen LogP contribution < -0.4 is 0 Å². The van der Waals surface area contributed by atoms with E-state index in [0.717, 1.165) is 10.0 Å². The predicted molar refractivity (Wildman–Crippen MR) is 57.5 cm³/mol. The molecule has 0 fully saturated rings. The fourth-order valence-electron chi connectivity index (χ4n) is 1.16. The Kier molecular flexibility index (Phi) is 2.50. The fraction of sp³-hybridized carbons (Fsp3) is 0. The van der Waals surface area contributed by atoms with Gasteiger partial charge in [0.2, 0.25) is 0 Å². The Morgan fingerprint density at radius 3 is 2.43 bits per heavy atom. The van der Waals surface area contributed by atoms with Gasteiger partial charge in [0, 0.05) is 6.08 Å². The monoisotopic (exact) mass is 250 g/mol. The number of ether oxygens (including phenoxy) is 1. The number of esters is 1. The summed E-state index contributed by atoms with van der Waals surface area (Å²) in [6.45, 7) is 0. The minimum Gasteiger partial charge on any atom is -0.422 e. The zero-order chi connectivity index (χ0) is 9.97. The predicted octanol–water partition coefficient (Wildman–Crippen LogP) is 2.86. The molecule has 2 nitrogen and oxygen atoms in total. The SMILES string of the molecule is O=C1C=C/C(=C(/Br)c2ccccc2)O1. The van der Waals surface area contributed by atoms with Crippen molar-refractivity contribution >= 4 is 26.4 Å². The Bertz CT molecular complexity index is 418. The lowest BCUT2D eigenvalue weighted by atomic mass is 10.2. The number of cyclic esters (lactones) is 1. The maximum Gasteiger partial charge on any atom is 0.336 e. The number of hydrogen-bond donors (Lipinski definition) is 0. The van der Waals surface area contributed by atoms with E-state index in [9.17, 15) is 4.79 Å². The Morgan fingerprint density at radius 2 is 1.86 bits per heavy atom. The number of carbonyl (C=O) groups is 1. The molecule has 0 N–H and O–H groups in total. The van der Waals surface area contributed by atoms with Crippen LogP contribution >= 0.6 is 15.9 Å². The molecule has 0 bridgehead atoms. The molecule has 0 saturated carbocycles. The molecular formula is C11H7BrO2. The molecule has 1 heterocycles. The van der Waals surface area contributed by atoms with Gasteiger partial charge in [-0.2, -0.15) is 0 Å². The second-order valence-corrected chi connectivity index (χ2v) is 3.59. The molecule has 70 valence electrons. The van der Waals surface area contributed by atoms with Gasteiger partial charge in [-0.3, -0.25) is 0 Å². The minimum atomic E-state index is -0.326. The van der Waals surface area contributed by atoms with E-state index in [0.29, 0.717) is 5.76 Å². The molecule has 0 atom stereocenters. The Hall–Kier alpha value is -1.35. The number of allylic oxidation sites excluding steroid dienone is 1. The van der Waals surface area contributed by atoms with Crippen molar-refractivity contribution in [3.8, 4) is 0 Å². The van der Waals surface area contributed by atoms with Crippen molar-refractivity contribution in [2.75, 3.05) is 0 Å². The molecule has 14 heavy (non-hydrogen) atoms. The largest absolute Gasteiger partial charge is 0.422 e. The van der Waals surface area contributed by atoms with Gasteiger partial charge in [-0.15, -0.1) is 0 Å². The van der Waals surface area contributed by atoms with Gasteiger partial charge in [0.05, 0.1) is 4.48 Å². The molecule has 2 rings (SSSR count). The lowest BCUT2D eigenvalue weighted by Crippen LogP contribution is -1.91. The van der Waals surface area contributed by atoms with Crippen molar-refractivity contribution in [1.82, 2.24) is 0 Å². The highest BCUT2D eigenvalue weighted by Crippen LogP contribution is 2.28. The average Bonchev–Trinajstić information content (AvgIpc) is 2.65. The van der Waals surface area contributed by atoms with Gasteiger partial charge in [-0.05, 0) is 27.6 Å². The molecule has 1 aliphatic rings. The standard InChI is InChI=1S/C11H7BrO2/c12-11(8-4-2-1-3-5-8)9-6-7-10(13)14-9/h1-7H/b11-9-. The second-order valence-electron chi connectivity index (χ2n) is 2.80. The molecular weight excluding hydrogens is 244 g/mol. The van der Waals surface area contributed by atoms with Crippen LogP contribution in [0.4, 0.5) is 0 Å². The molecule has 1 aromatic carbocycles. The maximum atomic E-state index is 10.8. The number of benzene rings is 1. The summed E-state index contributed by atoms with van der Waals surface area (Å²) in [4.78, 5) is 10.8. The summed E-state index contributed by atoms with van der Waals surface area (Å²) in [5, 5.41) is 0. The Balaban J connectivity index is 2.37. The van der Waals surface area contributed by atoms with Crippen LogP contribution in [0.15, 0.2) is 48.2 Å². The molecule has 0 spiro atoms. The van der Waals surface area contributed by atoms with Crippen LogP contribution in [0.1, 0.15) is 5.56 Å². The molecule has 0 saturated heterocycles. The van der Waals surface area contributed by atoms with Gasteiger partial charge in [0.25, 0.3) is 0 Å². The van der Waals surface area contributed by atoms with Crippen molar-refractivity contribution in [2.45, 2.75) is 0 Å². The zero-order valence-electron chi connectivity index (χ0n) is 7.24. The van der Waals surface area contributed by atoms with Crippen LogP contribution in [0.25, 0.3) is 4.48 Å². The minimum absolute atomic E-state index is 0.326. The van der Waals surface area contributed by atoms with E-state index in [4.69, 9.17) is 4.74 Å². The zero-order valence-corrected chi connectivity index (χ0v) is 8.82. The highest BCUT2D eigenvalue weighted by molar-refractivity contribution is 9.15. The lowest BCUT2D eigenvalue weighted by molar-refractivity contribution is -0.132. The van der Waals surface area contributed by atoms with Gasteiger partial charge in [0.1, 0.15) is 5.76 Å². The maximum absolute atomic E-state index is 10.8. The first kappa shape index (κ1) is 9.21. The molecule has 0 radical (unpaired) electrons. The number of carbonyl (C=O) groups excluding carboxylic acids is 1. The molecule has 0 aliphatic carbocycles. The van der Waals surface area contributed by atoms with Gasteiger partial charge < -0.3 is 4.74 Å². The summed E-state index contributed by atoms with van der Waals surface area (Å²) in [7, 11) is 0. The van der Waals surface area contributed by atoms with E-state index < -0.39 is 0 Å². The second kappa shape index (κ2) is 3.80. The fourth-order valence-corrected chi connectivity index (χ4v) is 1.64. The third kappa shape index (κ3) is 1.77. The van der Waals surface area contributed by atoms with E-state index >= 15 is 0 Å². The topological polar surface area (TPSA) is 26.3 Å². The summed E-state index contributed by atoms with van der Waals surface area (Å²) >= 11 is 3.39. The van der Waals surface area contributed by atoms with Crippen molar-refractivity contribution in [3.63, 3.8) is 0 Å². The van der Waals surface area contributed by atoms with Crippen LogP contribution in [0, 0.1) is 0 Å². The van der Waals surface area contributed by atoms with E-state index in [1.807, 2.05) is 30.3 Å². The van der Waals surface area contributed by atoms with Gasteiger partial charge in [-0.1, -0.05) is 30.3 Å². The summed E-state index contributed by atoms with van der Waals surface area (Å²) in [5.41, 5.74) is 0.988. The van der Waals surface area contributed by atoms with Crippen LogP contribution in [0.2, 0.25) is 0 Å². The van der Waals surface area contributed by atoms with Crippen LogP contribution in [0.5, 0.6) is 0 Å². The Morgan fingerprint density at radius 1 is 1.14 bits per heavy atom. The summed E-state index contributed by atoms with van der Waals surface area (Å²) in [5.74, 6) is 0.231. The molecule has 1 aliphatic heterocycles. The van der Waals surface area contributed by atoms with E-state index in [1.54, 1.807) is 6.08 Å². The van der Waals surface area contributed by atoms with Crippen LogP contribution in [-0.4, -0.2) is 5.97 Å². The van der Waals surface area contributed by atoms with Crippen molar-refractivity contribution < 1.29 is 9.53 Å². The summed E-state index contributed by atoms with van der Waals surface area (Å²) < 4.78 is 5.75. The normalized spacial score (nSPS) is 18.2. The third-order valence-corrected chi connectivity index (χ3v) is 2.67. The number of hydrogen-bond acceptors (Lipinski definition) is 2. The van der Waals surface area contributed by atoms with Crippen molar-refractivity contribution in [3.05, 3.63) is 53.8 Å². The van der Waals surface area contributed by atoms with Crippen LogP contribution in [-0.2, 0) is 9.53 Å². The van der Waals surface area contributed by atoms with E-state index in [2.05, 4.69) is 15.9 Å². The average molecular weight is 251 g/mol. The quantitative estimate of drug-likeness (QED) is 0.717.